The molecule has 5 nitrogen and oxygen atoms in total. The average Bonchev–Trinajstić information content (AvgIpc) is 3.00. The van der Waals surface area contributed by atoms with Crippen molar-refractivity contribution in [2.24, 2.45) is 5.92 Å². The number of fused-ring (bicyclic) bond motifs is 3. The molecule has 0 aliphatic carbocycles. The van der Waals surface area contributed by atoms with Crippen LogP contribution >= 0.6 is 11.6 Å². The lowest BCUT2D eigenvalue weighted by molar-refractivity contribution is 0.0662. The zero-order valence-corrected chi connectivity index (χ0v) is 20.4. The fourth-order valence-corrected chi connectivity index (χ4v) is 5.93. The predicted molar refractivity (Wildman–Crippen MR) is 131 cm³/mol. The smallest absolute Gasteiger partial charge is 0.258 e. The second-order valence-corrected chi connectivity index (χ2v) is 10.6. The Morgan fingerprint density at radius 1 is 1.09 bits per heavy atom. The van der Waals surface area contributed by atoms with Crippen molar-refractivity contribution < 1.29 is 14.6 Å². The van der Waals surface area contributed by atoms with Crippen molar-refractivity contribution in [3.05, 3.63) is 58.1 Å². The lowest BCUT2D eigenvalue weighted by atomic mass is 9.91. The van der Waals surface area contributed by atoms with Gasteiger partial charge in [0.25, 0.3) is 5.91 Å². The Morgan fingerprint density at radius 3 is 2.48 bits per heavy atom. The lowest BCUT2D eigenvalue weighted by Crippen LogP contribution is -2.43. The molecule has 1 N–H and O–H groups in total. The number of carbonyl (C=O) groups excluding carboxylic acids is 1. The van der Waals surface area contributed by atoms with Gasteiger partial charge in [-0.25, -0.2) is 0 Å². The quantitative estimate of drug-likeness (QED) is 0.652. The number of ether oxygens (including phenoxy) is 1. The minimum absolute atomic E-state index is 0.0292. The molecule has 0 saturated carbocycles. The second-order valence-electron chi connectivity index (χ2n) is 10.2. The second kappa shape index (κ2) is 8.94. The summed E-state index contributed by atoms with van der Waals surface area (Å²) in [6, 6.07) is 12.6. The molecule has 2 saturated heterocycles. The SMILES string of the molecule is CC(C)C(O)c1ccc2c(c1)CCN(c1ccc(OC3C[C@H]4CC[C@@H](C3)N4C)c(Cl)c1)C2=O. The number of rotatable bonds is 5. The molecule has 1 amide bonds. The highest BCUT2D eigenvalue weighted by molar-refractivity contribution is 6.32. The monoisotopic (exact) mass is 468 g/mol. The minimum atomic E-state index is -0.519. The number of benzene rings is 2. The third-order valence-corrected chi connectivity index (χ3v) is 8.05. The molecule has 2 bridgehead atoms. The molecule has 0 radical (unpaired) electrons. The van der Waals surface area contributed by atoms with Crippen molar-refractivity contribution in [1.29, 1.82) is 0 Å². The van der Waals surface area contributed by atoms with E-state index in [2.05, 4.69) is 11.9 Å². The highest BCUT2D eigenvalue weighted by Crippen LogP contribution is 2.38. The van der Waals surface area contributed by atoms with Gasteiger partial charge in [-0.2, -0.15) is 0 Å². The summed E-state index contributed by atoms with van der Waals surface area (Å²) < 4.78 is 6.31. The number of nitrogens with zero attached hydrogens (tertiary/aromatic N) is 2. The standard InChI is InChI=1S/C27H33ClN2O3/c1-16(2)26(31)18-4-8-23-17(12-18)10-11-30(27(23)32)21-7-9-25(24(28)15-21)33-22-13-19-5-6-20(14-22)29(19)3/h4,7-9,12,15-16,19-20,22,26,31H,5-6,10-11,13-14H2,1-3H3/t19-,20+,22?,26?. The van der Waals surface area contributed by atoms with Gasteiger partial charge in [0.15, 0.2) is 0 Å². The number of aliphatic hydroxyl groups excluding tert-OH is 1. The zero-order chi connectivity index (χ0) is 23.3. The number of halogens is 1. The molecule has 2 aromatic carbocycles. The number of aliphatic hydroxyl groups is 1. The molecular weight excluding hydrogens is 436 g/mol. The highest BCUT2D eigenvalue weighted by atomic mass is 35.5. The van der Waals surface area contributed by atoms with Crippen LogP contribution in [0.15, 0.2) is 36.4 Å². The van der Waals surface area contributed by atoms with Crippen LogP contribution in [0.2, 0.25) is 5.02 Å². The van der Waals surface area contributed by atoms with E-state index in [0.29, 0.717) is 35.0 Å². The van der Waals surface area contributed by atoms with E-state index in [9.17, 15) is 9.90 Å². The molecule has 5 rings (SSSR count). The number of carbonyl (C=O) groups is 1. The van der Waals surface area contributed by atoms with Crippen LogP contribution in [0.25, 0.3) is 0 Å². The molecule has 3 heterocycles. The summed E-state index contributed by atoms with van der Waals surface area (Å²) >= 11 is 6.62. The molecule has 4 atom stereocenters. The van der Waals surface area contributed by atoms with Gasteiger partial charge in [0, 0.05) is 29.9 Å². The maximum atomic E-state index is 13.2. The van der Waals surface area contributed by atoms with E-state index in [4.69, 9.17) is 16.3 Å². The molecule has 2 aromatic rings. The Hall–Kier alpha value is -2.08. The number of amides is 1. The molecule has 0 spiro atoms. The summed E-state index contributed by atoms with van der Waals surface area (Å²) in [5.74, 6) is 0.802. The Morgan fingerprint density at radius 2 is 1.82 bits per heavy atom. The van der Waals surface area contributed by atoms with Gasteiger partial charge >= 0.3 is 0 Å². The van der Waals surface area contributed by atoms with Crippen molar-refractivity contribution in [3.63, 3.8) is 0 Å². The van der Waals surface area contributed by atoms with Gasteiger partial charge < -0.3 is 19.6 Å². The van der Waals surface area contributed by atoms with Gasteiger partial charge in [-0.05, 0) is 80.5 Å². The maximum Gasteiger partial charge on any atom is 0.258 e. The van der Waals surface area contributed by atoms with Crippen LogP contribution in [0.1, 0.15) is 67.1 Å². The summed E-state index contributed by atoms with van der Waals surface area (Å²) in [7, 11) is 2.22. The van der Waals surface area contributed by atoms with E-state index >= 15 is 0 Å². The minimum Gasteiger partial charge on any atom is -0.489 e. The molecule has 2 unspecified atom stereocenters. The Kier molecular flexibility index (Phi) is 6.15. The van der Waals surface area contributed by atoms with Crippen LogP contribution < -0.4 is 9.64 Å². The molecular formula is C27H33ClN2O3. The van der Waals surface area contributed by atoms with Crippen molar-refractivity contribution in [2.75, 3.05) is 18.5 Å². The van der Waals surface area contributed by atoms with Crippen LogP contribution in [0.5, 0.6) is 5.75 Å². The van der Waals surface area contributed by atoms with Crippen molar-refractivity contribution in [2.45, 2.75) is 70.2 Å². The molecule has 3 aliphatic rings. The normalized spacial score (nSPS) is 25.9. The summed E-state index contributed by atoms with van der Waals surface area (Å²) in [4.78, 5) is 17.5. The van der Waals surface area contributed by atoms with Crippen LogP contribution in [0.3, 0.4) is 0 Å². The number of anilines is 1. The van der Waals surface area contributed by atoms with Crippen molar-refractivity contribution >= 4 is 23.2 Å². The summed E-state index contributed by atoms with van der Waals surface area (Å²) in [6.07, 6.45) is 5.01. The molecule has 3 aliphatic heterocycles. The highest BCUT2D eigenvalue weighted by Gasteiger charge is 2.39. The average molecular weight is 469 g/mol. The molecule has 2 fully saturated rings. The molecule has 0 aromatic heterocycles. The van der Waals surface area contributed by atoms with E-state index in [-0.39, 0.29) is 17.9 Å². The van der Waals surface area contributed by atoms with Gasteiger partial charge in [-0.3, -0.25) is 4.79 Å². The first kappa shape index (κ1) is 22.7. The first-order valence-electron chi connectivity index (χ1n) is 12.1. The van der Waals surface area contributed by atoms with Crippen LogP contribution in [-0.2, 0) is 6.42 Å². The van der Waals surface area contributed by atoms with Gasteiger partial charge in [-0.1, -0.05) is 37.6 Å². The lowest BCUT2D eigenvalue weighted by Gasteiger charge is -2.36. The Labute approximate surface area is 201 Å². The third kappa shape index (κ3) is 4.27. The maximum absolute atomic E-state index is 13.2. The van der Waals surface area contributed by atoms with Crippen molar-refractivity contribution in [3.8, 4) is 5.75 Å². The largest absolute Gasteiger partial charge is 0.489 e. The van der Waals surface area contributed by atoms with Gasteiger partial charge in [-0.15, -0.1) is 0 Å². The van der Waals surface area contributed by atoms with E-state index in [1.807, 2.05) is 50.2 Å². The summed E-state index contributed by atoms with van der Waals surface area (Å²) in [5.41, 5.74) is 3.35. The fraction of sp³-hybridized carbons (Fsp3) is 0.519. The van der Waals surface area contributed by atoms with E-state index in [1.165, 1.54) is 12.8 Å². The van der Waals surface area contributed by atoms with Crippen LogP contribution in [-0.4, -0.2) is 47.7 Å². The number of hydrogen-bond acceptors (Lipinski definition) is 4. The van der Waals surface area contributed by atoms with Gasteiger partial charge in [0.05, 0.1) is 11.1 Å². The third-order valence-electron chi connectivity index (χ3n) is 7.76. The van der Waals surface area contributed by atoms with Crippen molar-refractivity contribution in [1.82, 2.24) is 4.90 Å². The van der Waals surface area contributed by atoms with Crippen LogP contribution in [0, 0.1) is 5.92 Å². The topological polar surface area (TPSA) is 53.0 Å². The molecule has 33 heavy (non-hydrogen) atoms. The first-order valence-corrected chi connectivity index (χ1v) is 12.5. The summed E-state index contributed by atoms with van der Waals surface area (Å²) in [6.45, 7) is 4.57. The first-order chi connectivity index (χ1) is 15.8. The number of hydrogen-bond donors (Lipinski definition) is 1. The number of piperidine rings is 1. The fourth-order valence-electron chi connectivity index (χ4n) is 5.71. The van der Waals surface area contributed by atoms with E-state index < -0.39 is 6.10 Å². The predicted octanol–water partition coefficient (Wildman–Crippen LogP) is 5.24. The van der Waals surface area contributed by atoms with Gasteiger partial charge in [0.2, 0.25) is 0 Å². The van der Waals surface area contributed by atoms with E-state index in [1.54, 1.807) is 4.90 Å². The van der Waals surface area contributed by atoms with Crippen LogP contribution in [0.4, 0.5) is 5.69 Å². The van der Waals surface area contributed by atoms with Gasteiger partial charge in [0.1, 0.15) is 11.9 Å². The zero-order valence-electron chi connectivity index (χ0n) is 19.6. The summed E-state index contributed by atoms with van der Waals surface area (Å²) in [5, 5.41) is 10.9. The Balaban J connectivity index is 1.30. The van der Waals surface area contributed by atoms with E-state index in [0.717, 1.165) is 36.1 Å². The molecule has 6 heteroatoms. The molecule has 176 valence electrons. The Bertz CT molecular complexity index is 1040.